The molecule has 2 amide bonds. The topological polar surface area (TPSA) is 117 Å². The summed E-state index contributed by atoms with van der Waals surface area (Å²) in [7, 11) is 1.64. The summed E-state index contributed by atoms with van der Waals surface area (Å²) in [6.07, 6.45) is 3.24. The summed E-state index contributed by atoms with van der Waals surface area (Å²) < 4.78 is 10.4. The van der Waals surface area contributed by atoms with Crippen LogP contribution in [0.4, 0.5) is 9.59 Å². The molecular formula is C24H40N4O6. The van der Waals surface area contributed by atoms with Gasteiger partial charge >= 0.3 is 12.2 Å². The van der Waals surface area contributed by atoms with E-state index in [-0.39, 0.29) is 56.4 Å². The van der Waals surface area contributed by atoms with Gasteiger partial charge in [0.1, 0.15) is 18.8 Å². The second-order valence-electron chi connectivity index (χ2n) is 10.0. The fourth-order valence-electron chi connectivity index (χ4n) is 4.35. The molecule has 2 N–H and O–H groups in total. The second-order valence-corrected chi connectivity index (χ2v) is 10.0. The van der Waals surface area contributed by atoms with Gasteiger partial charge in [-0.15, -0.1) is 0 Å². The maximum atomic E-state index is 13.3. The van der Waals surface area contributed by atoms with Crippen LogP contribution in [0.15, 0.2) is 12.2 Å². The molecule has 192 valence electrons. The van der Waals surface area contributed by atoms with Crippen molar-refractivity contribution in [3.05, 3.63) is 12.2 Å². The van der Waals surface area contributed by atoms with Crippen molar-refractivity contribution in [2.24, 2.45) is 5.92 Å². The molecule has 0 saturated carbocycles. The number of carbonyl (C=O) groups is 4. The quantitative estimate of drug-likeness (QED) is 0.585. The Bertz CT molecular complexity index is 790. The highest BCUT2D eigenvalue weighted by atomic mass is 16.6. The molecule has 0 aromatic rings. The molecule has 3 aliphatic rings. The monoisotopic (exact) mass is 480 g/mol. The van der Waals surface area contributed by atoms with E-state index in [1.54, 1.807) is 26.1 Å². The number of nitrogens with zero attached hydrogens (tertiary/aromatic N) is 2. The minimum absolute atomic E-state index is 0.00578. The van der Waals surface area contributed by atoms with E-state index in [0.717, 1.165) is 0 Å². The minimum Gasteiger partial charge on any atom is -0.445 e. The van der Waals surface area contributed by atoms with Gasteiger partial charge in [-0.3, -0.25) is 20.2 Å². The molecule has 0 aliphatic carbocycles. The summed E-state index contributed by atoms with van der Waals surface area (Å²) in [4.78, 5) is 53.9. The highest BCUT2D eigenvalue weighted by Gasteiger charge is 2.51. The smallest absolute Gasteiger partial charge is 0.410 e. The lowest BCUT2D eigenvalue weighted by molar-refractivity contribution is -0.133. The van der Waals surface area contributed by atoms with Gasteiger partial charge in [0.2, 0.25) is 0 Å². The standard InChI is InChI=1S/C24H40N4O6/c1-17(2)20(30)23(5)10-9-11-27(6)21(31)33-12-7-8-13-34-22(32)28-15-24(16-28,26-18(3)4)19(29)14-25-23/h7-8,17-18,25-26H,9-16H2,1-6H3/b8-7+/t23-/m1/s1. The molecule has 0 aromatic carbocycles. The predicted octanol–water partition coefficient (Wildman–Crippen LogP) is 1.74. The Morgan fingerprint density at radius 2 is 1.65 bits per heavy atom. The van der Waals surface area contributed by atoms with Crippen molar-refractivity contribution < 1.29 is 28.7 Å². The van der Waals surface area contributed by atoms with E-state index in [1.165, 1.54) is 9.80 Å². The number of rotatable bonds is 4. The molecule has 3 rings (SSSR count). The summed E-state index contributed by atoms with van der Waals surface area (Å²) in [5, 5.41) is 6.53. The van der Waals surface area contributed by atoms with Crippen molar-refractivity contribution in [1.29, 1.82) is 0 Å². The zero-order valence-corrected chi connectivity index (χ0v) is 21.3. The van der Waals surface area contributed by atoms with Crippen LogP contribution in [-0.2, 0) is 19.1 Å². The number of amides is 2. The van der Waals surface area contributed by atoms with Crippen LogP contribution in [0.2, 0.25) is 0 Å². The second kappa shape index (κ2) is 11.8. The zero-order valence-electron chi connectivity index (χ0n) is 21.3. The third-order valence-corrected chi connectivity index (χ3v) is 6.24. The number of hydrogen-bond acceptors (Lipinski definition) is 8. The van der Waals surface area contributed by atoms with Gasteiger partial charge in [0.15, 0.2) is 11.6 Å². The SMILES string of the molecule is CC(C)NC12CN(C1)C(=O)OC/C=C/COC(=O)N(C)CCC[C@](C)(C(=O)C(C)C)NCC2=O. The molecule has 2 bridgehead atoms. The average Bonchev–Trinajstić information content (AvgIpc) is 2.74. The van der Waals surface area contributed by atoms with Gasteiger partial charge in [-0.25, -0.2) is 9.59 Å². The fraction of sp³-hybridized carbons (Fsp3) is 0.750. The predicted molar refractivity (Wildman–Crippen MR) is 128 cm³/mol. The molecule has 10 nitrogen and oxygen atoms in total. The lowest BCUT2D eigenvalue weighted by Crippen LogP contribution is -2.76. The summed E-state index contributed by atoms with van der Waals surface area (Å²) in [6.45, 7) is 10.3. The molecule has 0 spiro atoms. The Kier molecular flexibility index (Phi) is 9.64. The molecule has 0 unspecified atom stereocenters. The van der Waals surface area contributed by atoms with Crippen molar-refractivity contribution in [3.63, 3.8) is 0 Å². The van der Waals surface area contributed by atoms with Crippen molar-refractivity contribution in [2.45, 2.75) is 64.6 Å². The van der Waals surface area contributed by atoms with Crippen LogP contribution in [0.25, 0.3) is 0 Å². The van der Waals surface area contributed by atoms with E-state index < -0.39 is 23.3 Å². The zero-order chi connectivity index (χ0) is 25.5. The van der Waals surface area contributed by atoms with Gasteiger partial charge in [-0.2, -0.15) is 0 Å². The average molecular weight is 481 g/mol. The number of ether oxygens (including phenoxy) is 2. The van der Waals surface area contributed by atoms with Crippen LogP contribution in [0.5, 0.6) is 0 Å². The molecular weight excluding hydrogens is 440 g/mol. The van der Waals surface area contributed by atoms with E-state index in [2.05, 4.69) is 10.6 Å². The van der Waals surface area contributed by atoms with Crippen LogP contribution in [0.1, 0.15) is 47.5 Å². The molecule has 3 aliphatic heterocycles. The Morgan fingerprint density at radius 3 is 2.21 bits per heavy atom. The van der Waals surface area contributed by atoms with Crippen molar-refractivity contribution in [3.8, 4) is 0 Å². The number of fused-ring (bicyclic) bond motifs is 14. The maximum absolute atomic E-state index is 13.3. The third-order valence-electron chi connectivity index (χ3n) is 6.24. The number of carbonyl (C=O) groups excluding carboxylic acids is 4. The Balaban J connectivity index is 2.23. The molecule has 10 heteroatoms. The van der Waals surface area contributed by atoms with E-state index >= 15 is 0 Å². The van der Waals surface area contributed by atoms with E-state index in [4.69, 9.17) is 9.47 Å². The third kappa shape index (κ3) is 7.02. The number of nitrogens with one attached hydrogen (secondary N) is 2. The molecule has 1 fully saturated rings. The van der Waals surface area contributed by atoms with Gasteiger partial charge in [0, 0.05) is 25.6 Å². The molecule has 34 heavy (non-hydrogen) atoms. The van der Waals surface area contributed by atoms with Crippen LogP contribution < -0.4 is 10.6 Å². The number of hydrogen-bond donors (Lipinski definition) is 2. The van der Waals surface area contributed by atoms with Crippen LogP contribution >= 0.6 is 0 Å². The van der Waals surface area contributed by atoms with Crippen LogP contribution in [0.3, 0.4) is 0 Å². The van der Waals surface area contributed by atoms with Crippen molar-refractivity contribution in [1.82, 2.24) is 20.4 Å². The van der Waals surface area contributed by atoms with Gasteiger partial charge in [-0.05, 0) is 45.8 Å². The number of Topliss-reactive ketones (excluding diaryl/α,β-unsaturated/α-hetero) is 2. The van der Waals surface area contributed by atoms with Crippen LogP contribution in [-0.4, -0.2) is 97.1 Å². The van der Waals surface area contributed by atoms with Crippen LogP contribution in [0, 0.1) is 5.92 Å². The van der Waals surface area contributed by atoms with Gasteiger partial charge in [0.25, 0.3) is 0 Å². The first-order chi connectivity index (χ1) is 15.9. The first-order valence-corrected chi connectivity index (χ1v) is 11.9. The lowest BCUT2D eigenvalue weighted by Gasteiger charge is -2.49. The van der Waals surface area contributed by atoms with Crippen molar-refractivity contribution in [2.75, 3.05) is 46.4 Å². The summed E-state index contributed by atoms with van der Waals surface area (Å²) in [6, 6.07) is 0.0309. The van der Waals surface area contributed by atoms with Gasteiger partial charge < -0.3 is 19.3 Å². The molecule has 0 radical (unpaired) electrons. The summed E-state index contributed by atoms with van der Waals surface area (Å²) in [5.74, 6) is -0.321. The van der Waals surface area contributed by atoms with Gasteiger partial charge in [-0.1, -0.05) is 13.8 Å². The summed E-state index contributed by atoms with van der Waals surface area (Å²) >= 11 is 0. The highest BCUT2D eigenvalue weighted by molar-refractivity contribution is 5.95. The minimum atomic E-state index is -0.929. The Labute approximate surface area is 202 Å². The normalized spacial score (nSPS) is 29.0. The highest BCUT2D eigenvalue weighted by Crippen LogP contribution is 2.25. The van der Waals surface area contributed by atoms with E-state index in [1.807, 2.05) is 27.7 Å². The van der Waals surface area contributed by atoms with E-state index in [9.17, 15) is 19.2 Å². The van der Waals surface area contributed by atoms with E-state index in [0.29, 0.717) is 19.4 Å². The fourth-order valence-corrected chi connectivity index (χ4v) is 4.35. The molecule has 3 heterocycles. The number of ketones is 2. The maximum Gasteiger partial charge on any atom is 0.410 e. The first-order valence-electron chi connectivity index (χ1n) is 11.9. The molecule has 1 atom stereocenters. The first kappa shape index (κ1) is 27.8. The summed E-state index contributed by atoms with van der Waals surface area (Å²) in [5.41, 5.74) is -1.82. The van der Waals surface area contributed by atoms with Crippen molar-refractivity contribution >= 4 is 23.8 Å². The lowest BCUT2D eigenvalue weighted by atomic mass is 9.82. The Hall–Kier alpha value is -2.46. The molecule has 0 aromatic heterocycles. The van der Waals surface area contributed by atoms with Gasteiger partial charge in [0.05, 0.1) is 25.2 Å². The largest absolute Gasteiger partial charge is 0.445 e. The molecule has 1 saturated heterocycles. The Morgan fingerprint density at radius 1 is 1.06 bits per heavy atom.